The van der Waals surface area contributed by atoms with Gasteiger partial charge in [0.05, 0.1) is 6.26 Å². The van der Waals surface area contributed by atoms with Gasteiger partial charge in [0.15, 0.2) is 5.76 Å². The molecular weight excluding hydrogens is 354 g/mol. The molecule has 0 spiro atoms. The number of amides is 1. The van der Waals surface area contributed by atoms with Gasteiger partial charge in [-0.1, -0.05) is 0 Å². The lowest BCUT2D eigenvalue weighted by Crippen LogP contribution is -2.42. The third-order valence-electron chi connectivity index (χ3n) is 4.92. The van der Waals surface area contributed by atoms with Gasteiger partial charge in [0.25, 0.3) is 5.91 Å². The van der Waals surface area contributed by atoms with Crippen LogP contribution in [0, 0.1) is 0 Å². The SMILES string of the molecule is CS(=O)(=O)Nc1ccc(-c2ccc(C(=O)N[C@@H]3C[C@H]4CC[C@@H]3N4)o2)cc1. The molecule has 8 heteroatoms. The monoisotopic (exact) mass is 375 g/mol. The van der Waals surface area contributed by atoms with Crippen LogP contribution in [0.25, 0.3) is 11.3 Å². The van der Waals surface area contributed by atoms with Crippen LogP contribution in [-0.4, -0.2) is 38.7 Å². The third-order valence-corrected chi connectivity index (χ3v) is 5.53. The van der Waals surface area contributed by atoms with Gasteiger partial charge in [0, 0.05) is 29.4 Å². The molecule has 3 N–H and O–H groups in total. The molecule has 0 aliphatic carbocycles. The Morgan fingerprint density at radius 1 is 1.15 bits per heavy atom. The van der Waals surface area contributed by atoms with Crippen molar-refractivity contribution < 1.29 is 17.6 Å². The Morgan fingerprint density at radius 2 is 1.92 bits per heavy atom. The first-order valence-corrected chi connectivity index (χ1v) is 10.5. The Hall–Kier alpha value is -2.32. The van der Waals surface area contributed by atoms with Crippen molar-refractivity contribution in [2.45, 2.75) is 37.4 Å². The zero-order valence-corrected chi connectivity index (χ0v) is 15.2. The lowest BCUT2D eigenvalue weighted by atomic mass is 9.95. The van der Waals surface area contributed by atoms with E-state index < -0.39 is 10.0 Å². The van der Waals surface area contributed by atoms with Crippen molar-refractivity contribution >= 4 is 21.6 Å². The molecule has 26 heavy (non-hydrogen) atoms. The van der Waals surface area contributed by atoms with E-state index in [1.54, 1.807) is 36.4 Å². The number of hydrogen-bond donors (Lipinski definition) is 3. The molecule has 0 unspecified atom stereocenters. The molecule has 2 aliphatic rings. The minimum atomic E-state index is -3.31. The second kappa shape index (κ2) is 6.44. The highest BCUT2D eigenvalue weighted by Crippen LogP contribution is 2.29. The Morgan fingerprint density at radius 3 is 2.54 bits per heavy atom. The maximum absolute atomic E-state index is 12.4. The van der Waals surface area contributed by atoms with Crippen LogP contribution in [0.3, 0.4) is 0 Å². The fraction of sp³-hybridized carbons (Fsp3) is 0.389. The van der Waals surface area contributed by atoms with Crippen LogP contribution in [0.2, 0.25) is 0 Å². The summed E-state index contributed by atoms with van der Waals surface area (Å²) in [5.41, 5.74) is 1.24. The van der Waals surface area contributed by atoms with Crippen LogP contribution in [0.1, 0.15) is 29.8 Å². The number of carbonyl (C=O) groups excluding carboxylic acids is 1. The molecule has 0 radical (unpaired) electrons. The van der Waals surface area contributed by atoms with Crippen LogP contribution in [0.5, 0.6) is 0 Å². The number of nitrogens with one attached hydrogen (secondary N) is 3. The topological polar surface area (TPSA) is 100 Å². The molecule has 4 rings (SSSR count). The Kier molecular flexibility index (Phi) is 4.24. The third kappa shape index (κ3) is 3.61. The van der Waals surface area contributed by atoms with Gasteiger partial charge in [-0.2, -0.15) is 0 Å². The van der Waals surface area contributed by atoms with Gasteiger partial charge in [-0.3, -0.25) is 9.52 Å². The molecule has 2 aliphatic heterocycles. The highest BCUT2D eigenvalue weighted by Gasteiger charge is 2.39. The number of carbonyl (C=O) groups is 1. The fourth-order valence-corrected chi connectivity index (χ4v) is 4.32. The lowest BCUT2D eigenvalue weighted by molar-refractivity contribution is 0.0903. The summed E-state index contributed by atoms with van der Waals surface area (Å²) < 4.78 is 30.6. The van der Waals surface area contributed by atoms with Crippen LogP contribution < -0.4 is 15.4 Å². The lowest BCUT2D eigenvalue weighted by Gasteiger charge is -2.20. The van der Waals surface area contributed by atoms with Crippen LogP contribution in [0.4, 0.5) is 5.69 Å². The fourth-order valence-electron chi connectivity index (χ4n) is 3.75. The van der Waals surface area contributed by atoms with Gasteiger partial charge in [0.2, 0.25) is 10.0 Å². The van der Waals surface area contributed by atoms with E-state index in [1.165, 1.54) is 6.42 Å². The van der Waals surface area contributed by atoms with Crippen molar-refractivity contribution in [3.8, 4) is 11.3 Å². The Balaban J connectivity index is 1.43. The van der Waals surface area contributed by atoms with E-state index >= 15 is 0 Å². The normalized spacial score (nSPS) is 24.6. The second-order valence-electron chi connectivity index (χ2n) is 6.98. The summed E-state index contributed by atoms with van der Waals surface area (Å²) in [6, 6.07) is 11.3. The standard InChI is InChI=1S/C18H21N3O4S/c1-26(23,24)21-12-4-2-11(3-5-12)16-8-9-17(25-16)18(22)20-15-10-13-6-7-14(15)19-13/h2-5,8-9,13-15,19,21H,6-7,10H2,1H3,(H,20,22)/t13-,14+,15-/m1/s1. The van der Waals surface area contributed by atoms with Gasteiger partial charge >= 0.3 is 0 Å². The number of hydrogen-bond acceptors (Lipinski definition) is 5. The van der Waals surface area contributed by atoms with Gasteiger partial charge in [-0.25, -0.2) is 8.42 Å². The van der Waals surface area contributed by atoms with E-state index in [0.717, 1.165) is 24.7 Å². The van der Waals surface area contributed by atoms with E-state index in [4.69, 9.17) is 4.42 Å². The zero-order valence-electron chi connectivity index (χ0n) is 14.4. The first-order chi connectivity index (χ1) is 12.4. The molecular formula is C18H21N3O4S. The first kappa shape index (κ1) is 17.1. The van der Waals surface area contributed by atoms with Crippen molar-refractivity contribution in [1.29, 1.82) is 0 Å². The summed E-state index contributed by atoms with van der Waals surface area (Å²) in [7, 11) is -3.31. The highest BCUT2D eigenvalue weighted by molar-refractivity contribution is 7.92. The van der Waals surface area contributed by atoms with Gasteiger partial charge in [0.1, 0.15) is 5.76 Å². The molecule has 7 nitrogen and oxygen atoms in total. The highest BCUT2D eigenvalue weighted by atomic mass is 32.2. The largest absolute Gasteiger partial charge is 0.451 e. The Bertz CT molecular complexity index is 920. The van der Waals surface area contributed by atoms with Crippen molar-refractivity contribution in [3.05, 3.63) is 42.2 Å². The van der Waals surface area contributed by atoms with E-state index in [2.05, 4.69) is 15.4 Å². The van der Waals surface area contributed by atoms with E-state index in [-0.39, 0.29) is 17.7 Å². The minimum Gasteiger partial charge on any atom is -0.451 e. The maximum atomic E-state index is 12.4. The zero-order chi connectivity index (χ0) is 18.3. The molecule has 3 atom stereocenters. The number of rotatable bonds is 5. The smallest absolute Gasteiger partial charge is 0.287 e. The summed E-state index contributed by atoms with van der Waals surface area (Å²) in [5, 5.41) is 6.55. The number of furan rings is 1. The predicted octanol–water partition coefficient (Wildman–Crippen LogP) is 1.94. The van der Waals surface area contributed by atoms with Gasteiger partial charge in [-0.15, -0.1) is 0 Å². The Labute approximate surface area is 152 Å². The van der Waals surface area contributed by atoms with Crippen molar-refractivity contribution in [2.75, 3.05) is 11.0 Å². The van der Waals surface area contributed by atoms with Gasteiger partial charge < -0.3 is 15.1 Å². The number of anilines is 1. The molecule has 1 aromatic carbocycles. The average molecular weight is 375 g/mol. The summed E-state index contributed by atoms with van der Waals surface area (Å²) >= 11 is 0. The molecule has 3 heterocycles. The van der Waals surface area contributed by atoms with Crippen molar-refractivity contribution in [3.63, 3.8) is 0 Å². The predicted molar refractivity (Wildman–Crippen MR) is 98.4 cm³/mol. The molecule has 0 saturated carbocycles. The average Bonchev–Trinajstić information content (AvgIpc) is 3.30. The van der Waals surface area contributed by atoms with Crippen molar-refractivity contribution in [1.82, 2.24) is 10.6 Å². The number of benzene rings is 1. The van der Waals surface area contributed by atoms with E-state index in [0.29, 0.717) is 23.5 Å². The molecule has 1 amide bonds. The number of sulfonamides is 1. The summed E-state index contributed by atoms with van der Waals surface area (Å²) in [6.45, 7) is 0. The molecule has 2 fully saturated rings. The van der Waals surface area contributed by atoms with E-state index in [1.807, 2.05) is 0 Å². The minimum absolute atomic E-state index is 0.163. The van der Waals surface area contributed by atoms with E-state index in [9.17, 15) is 13.2 Å². The van der Waals surface area contributed by atoms with Gasteiger partial charge in [-0.05, 0) is 55.7 Å². The van der Waals surface area contributed by atoms with Crippen molar-refractivity contribution in [2.24, 2.45) is 0 Å². The molecule has 2 saturated heterocycles. The molecule has 2 aromatic rings. The quantitative estimate of drug-likeness (QED) is 0.742. The number of fused-ring (bicyclic) bond motifs is 2. The molecule has 138 valence electrons. The maximum Gasteiger partial charge on any atom is 0.287 e. The summed E-state index contributed by atoms with van der Waals surface area (Å²) in [5.74, 6) is 0.638. The van der Waals surface area contributed by atoms with Crippen LogP contribution in [0.15, 0.2) is 40.8 Å². The first-order valence-electron chi connectivity index (χ1n) is 8.62. The second-order valence-corrected chi connectivity index (χ2v) is 8.73. The summed E-state index contributed by atoms with van der Waals surface area (Å²) in [4.78, 5) is 12.4. The molecule has 1 aromatic heterocycles. The van der Waals surface area contributed by atoms with Crippen LogP contribution in [-0.2, 0) is 10.0 Å². The molecule has 2 bridgehead atoms. The van der Waals surface area contributed by atoms with Crippen LogP contribution >= 0.6 is 0 Å². The summed E-state index contributed by atoms with van der Waals surface area (Å²) in [6.07, 6.45) is 4.36.